The topological polar surface area (TPSA) is 79.2 Å². The second-order valence-electron chi connectivity index (χ2n) is 7.00. The molecule has 3 N–H and O–H groups in total. The Labute approximate surface area is 191 Å². The Hall–Kier alpha value is -2.53. The Morgan fingerprint density at radius 2 is 1.90 bits per heavy atom. The molecular formula is C20H15Br2F3N4O2. The van der Waals surface area contributed by atoms with Crippen molar-refractivity contribution in [2.45, 2.75) is 24.7 Å². The van der Waals surface area contributed by atoms with E-state index in [1.54, 1.807) is 30.3 Å². The SMILES string of the molecule is O=C(Nc1cccc(O)c1)c1nn2c(c1Br)N[C@@H](c1ccc(Br)cc1)C[C@@H]2C(F)(F)F. The van der Waals surface area contributed by atoms with E-state index in [0.717, 1.165) is 9.15 Å². The van der Waals surface area contributed by atoms with Crippen LogP contribution in [0.3, 0.4) is 0 Å². The second kappa shape index (κ2) is 8.19. The number of aromatic hydroxyl groups is 1. The van der Waals surface area contributed by atoms with E-state index in [4.69, 9.17) is 0 Å². The number of alkyl halides is 3. The molecule has 6 nitrogen and oxygen atoms in total. The summed E-state index contributed by atoms with van der Waals surface area (Å²) in [5.74, 6) is -0.693. The van der Waals surface area contributed by atoms with E-state index in [1.165, 1.54) is 18.2 Å². The average Bonchev–Trinajstić information content (AvgIpc) is 3.04. The van der Waals surface area contributed by atoms with E-state index in [1.807, 2.05) is 0 Å². The molecule has 3 aromatic rings. The molecule has 0 aliphatic carbocycles. The number of carbonyl (C=O) groups excluding carboxylic acids is 1. The fourth-order valence-electron chi connectivity index (χ4n) is 3.42. The van der Waals surface area contributed by atoms with Crippen molar-refractivity contribution in [1.29, 1.82) is 0 Å². The highest BCUT2D eigenvalue weighted by Gasteiger charge is 2.47. The van der Waals surface area contributed by atoms with Crippen molar-refractivity contribution >= 4 is 49.3 Å². The summed E-state index contributed by atoms with van der Waals surface area (Å²) in [7, 11) is 0. The van der Waals surface area contributed by atoms with Gasteiger partial charge in [0.05, 0.1) is 10.5 Å². The number of hydrogen-bond donors (Lipinski definition) is 3. The smallest absolute Gasteiger partial charge is 0.410 e. The molecule has 0 radical (unpaired) electrons. The largest absolute Gasteiger partial charge is 0.508 e. The van der Waals surface area contributed by atoms with E-state index < -0.39 is 24.2 Å². The third-order valence-electron chi connectivity index (χ3n) is 4.89. The lowest BCUT2D eigenvalue weighted by atomic mass is 9.97. The van der Waals surface area contributed by atoms with E-state index >= 15 is 0 Å². The highest BCUT2D eigenvalue weighted by molar-refractivity contribution is 9.11. The first kappa shape index (κ1) is 21.7. The molecule has 162 valence electrons. The Morgan fingerprint density at radius 1 is 1.19 bits per heavy atom. The first-order chi connectivity index (χ1) is 14.6. The number of phenols is 1. The monoisotopic (exact) mass is 558 g/mol. The Bertz CT molecular complexity index is 1130. The molecule has 2 aromatic carbocycles. The molecule has 4 rings (SSSR count). The maximum Gasteiger partial charge on any atom is 0.410 e. The number of hydrogen-bond acceptors (Lipinski definition) is 4. The standard InChI is InChI=1S/C20H15Br2F3N4O2/c21-11-6-4-10(5-7-11)14-9-15(20(23,24)25)29-18(27-14)16(22)17(28-29)19(31)26-12-2-1-3-13(30)8-12/h1-8,14-15,27,30H,9H2,(H,26,31)/t14-,15-/m1/s1. The molecule has 11 heteroatoms. The average molecular weight is 560 g/mol. The van der Waals surface area contributed by atoms with Crippen LogP contribution in [0.15, 0.2) is 57.5 Å². The number of amides is 1. The van der Waals surface area contributed by atoms with Gasteiger partial charge >= 0.3 is 6.18 Å². The van der Waals surface area contributed by atoms with Gasteiger partial charge in [-0.25, -0.2) is 4.68 Å². The lowest BCUT2D eigenvalue weighted by Crippen LogP contribution is -2.35. The number of halogens is 5. The number of nitrogens with zero attached hydrogens (tertiary/aromatic N) is 2. The molecule has 1 aliphatic heterocycles. The number of anilines is 2. The third kappa shape index (κ3) is 4.42. The van der Waals surface area contributed by atoms with E-state index in [9.17, 15) is 23.1 Å². The van der Waals surface area contributed by atoms with Gasteiger partial charge in [0.2, 0.25) is 0 Å². The Balaban J connectivity index is 1.70. The van der Waals surface area contributed by atoms with Crippen LogP contribution in [0.25, 0.3) is 0 Å². The predicted molar refractivity (Wildman–Crippen MR) is 116 cm³/mol. The fourth-order valence-corrected chi connectivity index (χ4v) is 4.24. The van der Waals surface area contributed by atoms with Crippen LogP contribution < -0.4 is 10.6 Å². The van der Waals surface area contributed by atoms with Gasteiger partial charge in [-0.15, -0.1) is 0 Å². The number of benzene rings is 2. The summed E-state index contributed by atoms with van der Waals surface area (Å²) >= 11 is 6.56. The van der Waals surface area contributed by atoms with Gasteiger partial charge in [0.25, 0.3) is 5.91 Å². The first-order valence-corrected chi connectivity index (χ1v) is 10.7. The summed E-state index contributed by atoms with van der Waals surface area (Å²) in [6.45, 7) is 0. The molecule has 0 bridgehead atoms. The summed E-state index contributed by atoms with van der Waals surface area (Å²) in [5, 5.41) is 19.1. The zero-order valence-corrected chi connectivity index (χ0v) is 18.8. The number of phenolic OH excluding ortho intramolecular Hbond substituents is 1. The van der Waals surface area contributed by atoms with Gasteiger partial charge in [0.1, 0.15) is 11.6 Å². The quantitative estimate of drug-likeness (QED) is 0.366. The molecule has 0 saturated carbocycles. The van der Waals surface area contributed by atoms with Crippen LogP contribution in [0, 0.1) is 0 Å². The van der Waals surface area contributed by atoms with Crippen molar-refractivity contribution in [2.24, 2.45) is 0 Å². The van der Waals surface area contributed by atoms with Gasteiger partial charge in [0, 0.05) is 22.6 Å². The minimum atomic E-state index is -4.56. The molecule has 0 unspecified atom stereocenters. The molecule has 31 heavy (non-hydrogen) atoms. The minimum absolute atomic E-state index is 0.0582. The fraction of sp³-hybridized carbons (Fsp3) is 0.200. The zero-order chi connectivity index (χ0) is 22.3. The second-order valence-corrected chi connectivity index (χ2v) is 8.71. The van der Waals surface area contributed by atoms with Gasteiger partial charge in [-0.3, -0.25) is 4.79 Å². The molecule has 0 spiro atoms. The summed E-state index contributed by atoms with van der Waals surface area (Å²) in [6, 6.07) is 10.3. The molecule has 0 fully saturated rings. The molecular weight excluding hydrogens is 545 g/mol. The van der Waals surface area contributed by atoms with Crippen molar-refractivity contribution in [3.8, 4) is 5.75 Å². The summed E-state index contributed by atoms with van der Waals surface area (Å²) in [4.78, 5) is 12.7. The van der Waals surface area contributed by atoms with E-state index in [0.29, 0.717) is 5.56 Å². The van der Waals surface area contributed by atoms with Crippen LogP contribution in [0.1, 0.15) is 34.6 Å². The van der Waals surface area contributed by atoms with Crippen LogP contribution in [-0.4, -0.2) is 27.0 Å². The van der Waals surface area contributed by atoms with Crippen LogP contribution in [0.5, 0.6) is 5.75 Å². The maximum absolute atomic E-state index is 13.9. The zero-order valence-electron chi connectivity index (χ0n) is 15.6. The molecule has 1 amide bonds. The van der Waals surface area contributed by atoms with Crippen molar-refractivity contribution in [1.82, 2.24) is 9.78 Å². The van der Waals surface area contributed by atoms with Crippen LogP contribution >= 0.6 is 31.9 Å². The minimum Gasteiger partial charge on any atom is -0.508 e. The van der Waals surface area contributed by atoms with E-state index in [-0.39, 0.29) is 33.8 Å². The van der Waals surface area contributed by atoms with E-state index in [2.05, 4.69) is 47.6 Å². The van der Waals surface area contributed by atoms with Gasteiger partial charge in [-0.05, 0) is 45.8 Å². The number of nitrogens with one attached hydrogen (secondary N) is 2. The lowest BCUT2D eigenvalue weighted by Gasteiger charge is -2.33. The van der Waals surface area contributed by atoms with Crippen molar-refractivity contribution in [3.63, 3.8) is 0 Å². The van der Waals surface area contributed by atoms with Crippen molar-refractivity contribution < 1.29 is 23.1 Å². The van der Waals surface area contributed by atoms with Crippen molar-refractivity contribution in [3.05, 3.63) is 68.7 Å². The number of rotatable bonds is 3. The first-order valence-electron chi connectivity index (χ1n) is 9.10. The van der Waals surface area contributed by atoms with Crippen molar-refractivity contribution in [2.75, 3.05) is 10.6 Å². The van der Waals surface area contributed by atoms with Crippen LogP contribution in [0.4, 0.5) is 24.7 Å². The summed E-state index contributed by atoms with van der Waals surface area (Å²) in [5.41, 5.74) is 0.773. The Kier molecular flexibility index (Phi) is 5.73. The van der Waals surface area contributed by atoms with Gasteiger partial charge in [0.15, 0.2) is 11.7 Å². The van der Waals surface area contributed by atoms with Crippen LogP contribution in [0.2, 0.25) is 0 Å². The molecule has 1 aliphatic rings. The summed E-state index contributed by atoms with van der Waals surface area (Å²) in [6.07, 6.45) is -4.84. The third-order valence-corrected chi connectivity index (χ3v) is 6.17. The highest BCUT2D eigenvalue weighted by atomic mass is 79.9. The number of fused-ring (bicyclic) bond motifs is 1. The lowest BCUT2D eigenvalue weighted by molar-refractivity contribution is -0.173. The normalized spacial score (nSPS) is 18.2. The number of aromatic nitrogens is 2. The molecule has 2 atom stereocenters. The maximum atomic E-state index is 13.9. The highest BCUT2D eigenvalue weighted by Crippen LogP contribution is 2.46. The summed E-state index contributed by atoms with van der Waals surface area (Å²) < 4.78 is 43.3. The van der Waals surface area contributed by atoms with Gasteiger partial charge in [-0.1, -0.05) is 34.1 Å². The Morgan fingerprint density at radius 3 is 2.55 bits per heavy atom. The van der Waals surface area contributed by atoms with Crippen LogP contribution in [-0.2, 0) is 0 Å². The molecule has 1 aromatic heterocycles. The number of carbonyl (C=O) groups is 1. The molecule has 0 saturated heterocycles. The van der Waals surface area contributed by atoms with Gasteiger partial charge in [-0.2, -0.15) is 18.3 Å². The predicted octanol–water partition coefficient (Wildman–Crippen LogP) is 6.03. The molecule has 2 heterocycles. The van der Waals surface area contributed by atoms with Gasteiger partial charge < -0.3 is 15.7 Å².